The second-order valence-electron chi connectivity index (χ2n) is 5.18. The molecule has 0 fully saturated rings. The number of anilines is 1. The quantitative estimate of drug-likeness (QED) is 0.461. The number of nitrogens with zero attached hydrogens (tertiary/aromatic N) is 3. The highest BCUT2D eigenvalue weighted by Crippen LogP contribution is 2.32. The fourth-order valence-corrected chi connectivity index (χ4v) is 4.62. The Kier molecular flexibility index (Phi) is 5.11. The van der Waals surface area contributed by atoms with Crippen LogP contribution in [0, 0.1) is 0 Å². The third-order valence-electron chi connectivity index (χ3n) is 3.35. The van der Waals surface area contributed by atoms with E-state index in [4.69, 9.17) is 16.1 Å². The van der Waals surface area contributed by atoms with Gasteiger partial charge in [-0.2, -0.15) is 4.98 Å². The number of thiophene rings is 2. The van der Waals surface area contributed by atoms with Crippen LogP contribution < -0.4 is 5.32 Å². The smallest absolute Gasteiger partial charge is 0.227 e. The number of amides is 1. The summed E-state index contributed by atoms with van der Waals surface area (Å²) in [6, 6.07) is 7.59. The van der Waals surface area contributed by atoms with E-state index in [0.717, 1.165) is 15.4 Å². The first-order chi connectivity index (χ1) is 12.7. The second-order valence-corrected chi connectivity index (χ2v) is 8.70. The average molecular weight is 423 g/mol. The zero-order valence-corrected chi connectivity index (χ0v) is 16.3. The number of thiazole rings is 1. The predicted molar refractivity (Wildman–Crippen MR) is 105 cm³/mol. The first-order valence-electron chi connectivity index (χ1n) is 7.55. The van der Waals surface area contributed by atoms with E-state index >= 15 is 0 Å². The standard InChI is InChI=1S/C16H11ClN4O2S3/c17-12-4-3-10(26-12)9-8-25-16(18-9)19-13(22)5-6-14-20-15(21-23-14)11-2-1-7-24-11/h1-4,7-8H,5-6H2,(H,18,19,22). The Morgan fingerprint density at radius 3 is 2.88 bits per heavy atom. The van der Waals surface area contributed by atoms with Crippen molar-refractivity contribution in [3.05, 3.63) is 45.3 Å². The molecule has 0 atom stereocenters. The monoisotopic (exact) mass is 422 g/mol. The summed E-state index contributed by atoms with van der Waals surface area (Å²) >= 11 is 10.3. The summed E-state index contributed by atoms with van der Waals surface area (Å²) in [6.45, 7) is 0. The molecule has 0 aliphatic heterocycles. The molecule has 0 bridgehead atoms. The summed E-state index contributed by atoms with van der Waals surface area (Å²) in [5.41, 5.74) is 0.805. The van der Waals surface area contributed by atoms with Crippen LogP contribution in [0.5, 0.6) is 0 Å². The molecule has 26 heavy (non-hydrogen) atoms. The van der Waals surface area contributed by atoms with Crippen LogP contribution in [0.4, 0.5) is 5.13 Å². The van der Waals surface area contributed by atoms with E-state index in [1.807, 2.05) is 35.0 Å². The molecule has 0 spiro atoms. The van der Waals surface area contributed by atoms with Crippen LogP contribution in [-0.2, 0) is 11.2 Å². The second kappa shape index (κ2) is 7.67. The normalized spacial score (nSPS) is 11.0. The van der Waals surface area contributed by atoms with E-state index in [-0.39, 0.29) is 12.3 Å². The van der Waals surface area contributed by atoms with Crippen LogP contribution in [0.3, 0.4) is 0 Å². The first kappa shape index (κ1) is 17.3. The van der Waals surface area contributed by atoms with Crippen molar-refractivity contribution in [3.63, 3.8) is 0 Å². The van der Waals surface area contributed by atoms with E-state index in [1.165, 1.54) is 34.0 Å². The lowest BCUT2D eigenvalue weighted by Gasteiger charge is -1.99. The molecule has 0 aromatic carbocycles. The van der Waals surface area contributed by atoms with Gasteiger partial charge in [0.05, 0.1) is 19.8 Å². The van der Waals surface area contributed by atoms with Crippen LogP contribution in [0.25, 0.3) is 21.3 Å². The van der Waals surface area contributed by atoms with Crippen molar-refractivity contribution in [1.29, 1.82) is 0 Å². The molecular formula is C16H11ClN4O2S3. The van der Waals surface area contributed by atoms with Crippen molar-refractivity contribution in [1.82, 2.24) is 15.1 Å². The Morgan fingerprint density at radius 2 is 2.12 bits per heavy atom. The topological polar surface area (TPSA) is 80.9 Å². The van der Waals surface area contributed by atoms with Gasteiger partial charge in [-0.1, -0.05) is 22.8 Å². The van der Waals surface area contributed by atoms with Gasteiger partial charge in [-0.25, -0.2) is 4.98 Å². The van der Waals surface area contributed by atoms with Gasteiger partial charge in [0.1, 0.15) is 0 Å². The molecule has 6 nitrogen and oxygen atoms in total. The number of carbonyl (C=O) groups excluding carboxylic acids is 1. The van der Waals surface area contributed by atoms with Crippen molar-refractivity contribution >= 4 is 56.7 Å². The van der Waals surface area contributed by atoms with Crippen LogP contribution in [-0.4, -0.2) is 21.0 Å². The molecule has 0 aliphatic rings. The maximum Gasteiger partial charge on any atom is 0.227 e. The molecule has 4 aromatic rings. The lowest BCUT2D eigenvalue weighted by molar-refractivity contribution is -0.116. The van der Waals surface area contributed by atoms with Crippen LogP contribution >= 0.6 is 45.6 Å². The van der Waals surface area contributed by atoms with Gasteiger partial charge in [-0.05, 0) is 23.6 Å². The van der Waals surface area contributed by atoms with E-state index in [2.05, 4.69) is 20.4 Å². The van der Waals surface area contributed by atoms with E-state index in [0.29, 0.717) is 27.6 Å². The number of rotatable bonds is 6. The van der Waals surface area contributed by atoms with Gasteiger partial charge in [0.25, 0.3) is 0 Å². The fraction of sp³-hybridized carbons (Fsp3) is 0.125. The van der Waals surface area contributed by atoms with Gasteiger partial charge in [-0.3, -0.25) is 4.79 Å². The van der Waals surface area contributed by atoms with Crippen molar-refractivity contribution in [2.24, 2.45) is 0 Å². The van der Waals surface area contributed by atoms with E-state index < -0.39 is 0 Å². The lowest BCUT2D eigenvalue weighted by atomic mass is 10.3. The summed E-state index contributed by atoms with van der Waals surface area (Å²) in [5.74, 6) is 0.845. The van der Waals surface area contributed by atoms with Gasteiger partial charge < -0.3 is 9.84 Å². The van der Waals surface area contributed by atoms with Crippen LogP contribution in [0.1, 0.15) is 12.3 Å². The molecule has 0 aliphatic carbocycles. The minimum Gasteiger partial charge on any atom is -0.339 e. The van der Waals surface area contributed by atoms with Crippen molar-refractivity contribution in [2.75, 3.05) is 5.32 Å². The first-order valence-corrected chi connectivity index (χ1v) is 10.5. The zero-order valence-electron chi connectivity index (χ0n) is 13.1. The van der Waals surface area contributed by atoms with Crippen LogP contribution in [0.2, 0.25) is 4.34 Å². The lowest BCUT2D eigenvalue weighted by Crippen LogP contribution is -2.12. The molecular weight excluding hydrogens is 412 g/mol. The average Bonchev–Trinajstić information content (AvgIpc) is 3.39. The summed E-state index contributed by atoms with van der Waals surface area (Å²) in [6.07, 6.45) is 0.620. The molecule has 4 aromatic heterocycles. The molecule has 1 N–H and O–H groups in total. The Bertz CT molecular complexity index is 1020. The number of hydrogen-bond donors (Lipinski definition) is 1. The molecule has 1 amide bonds. The Morgan fingerprint density at radius 1 is 1.19 bits per heavy atom. The molecule has 132 valence electrons. The van der Waals surface area contributed by atoms with Crippen LogP contribution in [0.15, 0.2) is 39.5 Å². The minimum absolute atomic E-state index is 0.147. The third-order valence-corrected chi connectivity index (χ3v) is 6.23. The van der Waals surface area contributed by atoms with Gasteiger partial charge in [0.15, 0.2) is 5.13 Å². The molecule has 0 unspecified atom stereocenters. The Labute approximate surface area is 165 Å². The maximum atomic E-state index is 12.1. The van der Waals surface area contributed by atoms with Gasteiger partial charge >= 0.3 is 0 Å². The minimum atomic E-state index is -0.147. The van der Waals surface area contributed by atoms with E-state index in [9.17, 15) is 4.79 Å². The highest BCUT2D eigenvalue weighted by molar-refractivity contribution is 7.20. The number of aryl methyl sites for hydroxylation is 1. The highest BCUT2D eigenvalue weighted by atomic mass is 35.5. The zero-order chi connectivity index (χ0) is 17.9. The van der Waals surface area contributed by atoms with Gasteiger partial charge in [0.2, 0.25) is 17.6 Å². The number of hydrogen-bond acceptors (Lipinski definition) is 8. The largest absolute Gasteiger partial charge is 0.339 e. The number of aromatic nitrogens is 3. The highest BCUT2D eigenvalue weighted by Gasteiger charge is 2.13. The molecule has 10 heteroatoms. The summed E-state index contributed by atoms with van der Waals surface area (Å²) in [4.78, 5) is 22.8. The summed E-state index contributed by atoms with van der Waals surface area (Å²) in [5, 5.41) is 11.1. The molecule has 4 heterocycles. The molecule has 0 saturated heterocycles. The van der Waals surface area contributed by atoms with E-state index in [1.54, 1.807) is 0 Å². The van der Waals surface area contributed by atoms with Crippen molar-refractivity contribution < 1.29 is 9.32 Å². The predicted octanol–water partition coefficient (Wildman–Crippen LogP) is 5.21. The Hall–Kier alpha value is -2.07. The SMILES string of the molecule is O=C(CCc1nc(-c2cccs2)no1)Nc1nc(-c2ccc(Cl)s2)cs1. The fourth-order valence-electron chi connectivity index (χ4n) is 2.16. The maximum absolute atomic E-state index is 12.1. The van der Waals surface area contributed by atoms with Crippen molar-refractivity contribution in [3.8, 4) is 21.3 Å². The number of halogens is 1. The number of nitrogens with one attached hydrogen (secondary N) is 1. The summed E-state index contributed by atoms with van der Waals surface area (Å²) < 4.78 is 5.90. The summed E-state index contributed by atoms with van der Waals surface area (Å²) in [7, 11) is 0. The van der Waals surface area contributed by atoms with Gasteiger partial charge in [0, 0.05) is 18.2 Å². The third kappa shape index (κ3) is 4.01. The van der Waals surface area contributed by atoms with Crippen molar-refractivity contribution in [2.45, 2.75) is 12.8 Å². The molecule has 4 rings (SSSR count). The number of carbonyl (C=O) groups is 1. The Balaban J connectivity index is 1.32. The molecule has 0 saturated carbocycles. The molecule has 0 radical (unpaired) electrons. The van der Waals surface area contributed by atoms with Gasteiger partial charge in [-0.15, -0.1) is 34.0 Å².